The summed E-state index contributed by atoms with van der Waals surface area (Å²) in [6.07, 6.45) is 4.21. The fourth-order valence-corrected chi connectivity index (χ4v) is 3.44. The van der Waals surface area contributed by atoms with Crippen LogP contribution in [-0.4, -0.2) is 23.0 Å². The molecule has 4 rings (SSSR count). The molecule has 2 aliphatic carbocycles. The molecule has 2 saturated carbocycles. The first-order valence-corrected chi connectivity index (χ1v) is 9.60. The number of benzene rings is 2. The molecule has 2 aromatic rings. The minimum atomic E-state index is -0.916. The van der Waals surface area contributed by atoms with Crippen LogP contribution in [0.5, 0.6) is 0 Å². The van der Waals surface area contributed by atoms with Crippen molar-refractivity contribution in [2.45, 2.75) is 44.2 Å². The summed E-state index contributed by atoms with van der Waals surface area (Å²) in [5.74, 6) is -0.632. The lowest BCUT2D eigenvalue weighted by Gasteiger charge is -2.15. The van der Waals surface area contributed by atoms with Crippen LogP contribution >= 0.6 is 11.6 Å². The highest BCUT2D eigenvalue weighted by Gasteiger charge is 2.27. The number of amides is 1. The van der Waals surface area contributed by atoms with E-state index in [1.165, 1.54) is 0 Å². The molecule has 0 heterocycles. The summed E-state index contributed by atoms with van der Waals surface area (Å²) in [5.41, 5.74) is 3.59. The maximum absolute atomic E-state index is 12.3. The van der Waals surface area contributed by atoms with E-state index in [-0.39, 0.29) is 11.9 Å². The summed E-state index contributed by atoms with van der Waals surface area (Å²) in [7, 11) is 0. The first-order valence-electron chi connectivity index (χ1n) is 9.22. The molecule has 0 atom stereocenters. The van der Waals surface area contributed by atoms with Crippen LogP contribution in [0.4, 0.5) is 5.69 Å². The van der Waals surface area contributed by atoms with Crippen molar-refractivity contribution in [3.05, 3.63) is 63.7 Å². The summed E-state index contributed by atoms with van der Waals surface area (Å²) in [5, 5.41) is 16.0. The molecule has 5 nitrogen and oxygen atoms in total. The zero-order valence-electron chi connectivity index (χ0n) is 14.8. The molecule has 2 fully saturated rings. The van der Waals surface area contributed by atoms with Crippen LogP contribution in [0.2, 0.25) is 5.02 Å². The van der Waals surface area contributed by atoms with Crippen molar-refractivity contribution in [1.29, 1.82) is 0 Å². The van der Waals surface area contributed by atoms with Gasteiger partial charge in [0.05, 0.1) is 16.1 Å². The Hall–Kier alpha value is -2.53. The molecular formula is C21H21ClN2O3. The molecule has 6 heteroatoms. The number of halogens is 1. The third-order valence-electron chi connectivity index (χ3n) is 5.02. The van der Waals surface area contributed by atoms with Crippen molar-refractivity contribution < 1.29 is 14.7 Å². The Balaban J connectivity index is 1.52. The molecule has 0 saturated heterocycles. The van der Waals surface area contributed by atoms with Crippen LogP contribution in [-0.2, 0) is 6.54 Å². The highest BCUT2D eigenvalue weighted by molar-refractivity contribution is 6.34. The first-order chi connectivity index (χ1) is 13.0. The Morgan fingerprint density at radius 1 is 1.11 bits per heavy atom. The number of carboxylic acid groups (broad SMARTS) is 1. The summed E-state index contributed by atoms with van der Waals surface area (Å²) >= 11 is 6.48. The van der Waals surface area contributed by atoms with Gasteiger partial charge >= 0.3 is 5.97 Å². The molecule has 0 radical (unpaired) electrons. The zero-order chi connectivity index (χ0) is 19.0. The van der Waals surface area contributed by atoms with Crippen LogP contribution in [0.15, 0.2) is 36.4 Å². The van der Waals surface area contributed by atoms with Gasteiger partial charge < -0.3 is 15.7 Å². The number of hydrogen-bond donors (Lipinski definition) is 3. The number of hydrogen-bond acceptors (Lipinski definition) is 3. The van der Waals surface area contributed by atoms with E-state index in [0.717, 1.165) is 42.5 Å². The topological polar surface area (TPSA) is 78.4 Å². The van der Waals surface area contributed by atoms with Gasteiger partial charge in [-0.05, 0) is 67.0 Å². The lowest BCUT2D eigenvalue weighted by atomic mass is 10.0. The molecule has 1 amide bonds. The van der Waals surface area contributed by atoms with Crippen LogP contribution in [0, 0.1) is 0 Å². The average Bonchev–Trinajstić information content (AvgIpc) is 3.54. The third-order valence-corrected chi connectivity index (χ3v) is 5.47. The summed E-state index contributed by atoms with van der Waals surface area (Å²) in [4.78, 5) is 23.6. The second-order valence-corrected chi connectivity index (χ2v) is 7.64. The fraction of sp³-hybridized carbons (Fsp3) is 0.333. The smallest absolute Gasteiger partial charge is 0.335 e. The summed E-state index contributed by atoms with van der Waals surface area (Å²) in [6, 6.07) is 10.9. The van der Waals surface area contributed by atoms with E-state index in [0.29, 0.717) is 28.6 Å². The molecule has 0 bridgehead atoms. The van der Waals surface area contributed by atoms with Gasteiger partial charge in [-0.2, -0.15) is 0 Å². The Morgan fingerprint density at radius 3 is 2.56 bits per heavy atom. The van der Waals surface area contributed by atoms with Gasteiger partial charge in [0, 0.05) is 18.3 Å². The van der Waals surface area contributed by atoms with Crippen LogP contribution in [0.1, 0.15) is 63.4 Å². The number of nitrogens with one attached hydrogen (secondary N) is 2. The Labute approximate surface area is 162 Å². The normalized spacial score (nSPS) is 16.0. The predicted molar refractivity (Wildman–Crippen MR) is 105 cm³/mol. The predicted octanol–water partition coefficient (Wildman–Crippen LogP) is 4.42. The molecule has 3 N–H and O–H groups in total. The maximum atomic E-state index is 12.3. The summed E-state index contributed by atoms with van der Waals surface area (Å²) in [6.45, 7) is 0.468. The lowest BCUT2D eigenvalue weighted by Crippen LogP contribution is -2.25. The molecule has 0 spiro atoms. The number of anilines is 1. The molecule has 0 aliphatic heterocycles. The standard InChI is InChI=1S/C21H21ClN2O3/c22-19-14(2-1-3-16(19)20(25)24-15-7-8-15)11-23-18-9-6-13(21(26)27)10-17(18)12-4-5-12/h1-3,6,9-10,12,15,23H,4-5,7-8,11H2,(H,24,25)(H,26,27). The molecular weight excluding hydrogens is 364 g/mol. The highest BCUT2D eigenvalue weighted by atomic mass is 35.5. The van der Waals surface area contributed by atoms with Crippen molar-refractivity contribution in [1.82, 2.24) is 5.32 Å². The number of carbonyl (C=O) groups excluding carboxylic acids is 1. The molecule has 0 unspecified atom stereocenters. The van der Waals surface area contributed by atoms with Gasteiger partial charge in [0.2, 0.25) is 0 Å². The number of carbonyl (C=O) groups is 2. The second kappa shape index (κ2) is 7.24. The number of aromatic carboxylic acids is 1. The SMILES string of the molecule is O=C(O)c1ccc(NCc2cccc(C(=O)NC3CC3)c2Cl)c(C2CC2)c1. The average molecular weight is 385 g/mol. The van der Waals surface area contributed by atoms with Crippen LogP contribution in [0.3, 0.4) is 0 Å². The van der Waals surface area contributed by atoms with Crippen molar-refractivity contribution in [3.63, 3.8) is 0 Å². The van der Waals surface area contributed by atoms with Crippen molar-refractivity contribution in [2.75, 3.05) is 5.32 Å². The Kier molecular flexibility index (Phi) is 4.79. The van der Waals surface area contributed by atoms with Crippen LogP contribution < -0.4 is 10.6 Å². The van der Waals surface area contributed by atoms with E-state index in [9.17, 15) is 14.7 Å². The molecule has 0 aromatic heterocycles. The quantitative estimate of drug-likeness (QED) is 0.660. The Morgan fingerprint density at radius 2 is 1.89 bits per heavy atom. The van der Waals surface area contributed by atoms with Gasteiger partial charge in [0.1, 0.15) is 0 Å². The highest BCUT2D eigenvalue weighted by Crippen LogP contribution is 2.44. The van der Waals surface area contributed by atoms with Crippen LogP contribution in [0.25, 0.3) is 0 Å². The van der Waals surface area contributed by atoms with E-state index in [2.05, 4.69) is 10.6 Å². The van der Waals surface area contributed by atoms with Crippen molar-refractivity contribution in [2.24, 2.45) is 0 Å². The van der Waals surface area contributed by atoms with Gasteiger partial charge in [0.15, 0.2) is 0 Å². The minimum absolute atomic E-state index is 0.131. The van der Waals surface area contributed by atoms with E-state index in [1.807, 2.05) is 18.2 Å². The summed E-state index contributed by atoms with van der Waals surface area (Å²) < 4.78 is 0. The molecule has 2 aliphatic rings. The first kappa shape index (κ1) is 17.9. The zero-order valence-corrected chi connectivity index (χ0v) is 15.6. The third kappa shape index (κ3) is 4.08. The van der Waals surface area contributed by atoms with E-state index < -0.39 is 5.97 Å². The van der Waals surface area contributed by atoms with E-state index in [4.69, 9.17) is 11.6 Å². The maximum Gasteiger partial charge on any atom is 0.335 e. The monoisotopic (exact) mass is 384 g/mol. The van der Waals surface area contributed by atoms with Gasteiger partial charge in [-0.3, -0.25) is 4.79 Å². The van der Waals surface area contributed by atoms with E-state index in [1.54, 1.807) is 18.2 Å². The van der Waals surface area contributed by atoms with E-state index >= 15 is 0 Å². The fourth-order valence-electron chi connectivity index (χ4n) is 3.16. The van der Waals surface area contributed by atoms with Gasteiger partial charge in [-0.1, -0.05) is 23.7 Å². The lowest BCUT2D eigenvalue weighted by molar-refractivity contribution is 0.0696. The Bertz CT molecular complexity index is 904. The largest absolute Gasteiger partial charge is 0.478 e. The molecule has 2 aromatic carbocycles. The molecule has 27 heavy (non-hydrogen) atoms. The number of rotatable bonds is 7. The van der Waals surface area contributed by atoms with Crippen molar-refractivity contribution in [3.8, 4) is 0 Å². The van der Waals surface area contributed by atoms with Gasteiger partial charge in [-0.15, -0.1) is 0 Å². The minimum Gasteiger partial charge on any atom is -0.478 e. The van der Waals surface area contributed by atoms with Gasteiger partial charge in [0.25, 0.3) is 5.91 Å². The van der Waals surface area contributed by atoms with Crippen molar-refractivity contribution >= 4 is 29.2 Å². The molecule has 140 valence electrons. The number of carboxylic acids is 1. The van der Waals surface area contributed by atoms with Gasteiger partial charge in [-0.25, -0.2) is 4.79 Å². The second-order valence-electron chi connectivity index (χ2n) is 7.26.